The highest BCUT2D eigenvalue weighted by atomic mass is 16.4. The van der Waals surface area contributed by atoms with E-state index in [0.717, 1.165) is 25.8 Å². The van der Waals surface area contributed by atoms with Gasteiger partial charge in [-0.3, -0.25) is 9.59 Å². The predicted octanol–water partition coefficient (Wildman–Crippen LogP) is 2.52. The molecule has 0 aromatic carbocycles. The summed E-state index contributed by atoms with van der Waals surface area (Å²) in [6.07, 6.45) is 3.87. The lowest BCUT2D eigenvalue weighted by molar-refractivity contribution is -0.146. The number of carboxylic acids is 1. The first-order valence-corrected chi connectivity index (χ1v) is 7.00. The number of carbonyl (C=O) groups excluding carboxylic acids is 1. The molecule has 0 heterocycles. The zero-order chi connectivity index (χ0) is 13.7. The standard InChI is InChI=1S/C14H25NO3/c1-4-8-15(10(2)3)13(16)11-6-5-7-12(9-11)14(17)18/h10-12H,4-9H2,1-3H3,(H,17,18). The van der Waals surface area contributed by atoms with Crippen molar-refractivity contribution in [3.05, 3.63) is 0 Å². The minimum atomic E-state index is -0.751. The van der Waals surface area contributed by atoms with Gasteiger partial charge in [0.1, 0.15) is 0 Å². The lowest BCUT2D eigenvalue weighted by atomic mass is 9.80. The summed E-state index contributed by atoms with van der Waals surface area (Å²) in [5.74, 6) is -1.02. The highest BCUT2D eigenvalue weighted by molar-refractivity contribution is 5.80. The summed E-state index contributed by atoms with van der Waals surface area (Å²) in [5.41, 5.74) is 0. The molecule has 0 bridgehead atoms. The van der Waals surface area contributed by atoms with Crippen LogP contribution in [0, 0.1) is 11.8 Å². The molecule has 1 rings (SSSR count). The number of aliphatic carboxylic acids is 1. The smallest absolute Gasteiger partial charge is 0.306 e. The summed E-state index contributed by atoms with van der Waals surface area (Å²) in [4.78, 5) is 25.4. The molecule has 4 nitrogen and oxygen atoms in total. The normalized spacial score (nSPS) is 24.0. The second-order valence-corrected chi connectivity index (χ2v) is 5.52. The Kier molecular flexibility index (Phi) is 5.63. The van der Waals surface area contributed by atoms with Gasteiger partial charge in [0.25, 0.3) is 0 Å². The molecular weight excluding hydrogens is 230 g/mol. The Morgan fingerprint density at radius 3 is 2.39 bits per heavy atom. The van der Waals surface area contributed by atoms with Crippen LogP contribution in [0.4, 0.5) is 0 Å². The Hall–Kier alpha value is -1.06. The Balaban J connectivity index is 2.66. The summed E-state index contributed by atoms with van der Waals surface area (Å²) >= 11 is 0. The van der Waals surface area contributed by atoms with Gasteiger partial charge in [-0.1, -0.05) is 13.3 Å². The number of carbonyl (C=O) groups is 2. The van der Waals surface area contributed by atoms with Crippen molar-refractivity contribution >= 4 is 11.9 Å². The third kappa shape index (κ3) is 3.72. The molecule has 4 heteroatoms. The van der Waals surface area contributed by atoms with Gasteiger partial charge in [0.2, 0.25) is 5.91 Å². The molecule has 0 saturated heterocycles. The lowest BCUT2D eigenvalue weighted by Crippen LogP contribution is -2.43. The number of rotatable bonds is 5. The Labute approximate surface area is 109 Å². The summed E-state index contributed by atoms with van der Waals surface area (Å²) < 4.78 is 0. The first-order valence-electron chi connectivity index (χ1n) is 7.00. The largest absolute Gasteiger partial charge is 0.481 e. The van der Waals surface area contributed by atoms with E-state index in [4.69, 9.17) is 5.11 Å². The molecule has 104 valence electrons. The van der Waals surface area contributed by atoms with E-state index < -0.39 is 5.97 Å². The fourth-order valence-corrected chi connectivity index (χ4v) is 2.74. The molecule has 18 heavy (non-hydrogen) atoms. The van der Waals surface area contributed by atoms with Crippen molar-refractivity contribution in [3.63, 3.8) is 0 Å². The quantitative estimate of drug-likeness (QED) is 0.821. The maximum atomic E-state index is 12.4. The lowest BCUT2D eigenvalue weighted by Gasteiger charge is -2.33. The van der Waals surface area contributed by atoms with Crippen molar-refractivity contribution in [3.8, 4) is 0 Å². The number of nitrogens with zero attached hydrogens (tertiary/aromatic N) is 1. The number of hydrogen-bond donors (Lipinski definition) is 1. The molecule has 1 aliphatic rings. The average Bonchev–Trinajstić information content (AvgIpc) is 2.35. The number of hydrogen-bond acceptors (Lipinski definition) is 2. The van der Waals surface area contributed by atoms with Crippen LogP contribution in [0.1, 0.15) is 52.9 Å². The second kappa shape index (κ2) is 6.76. The van der Waals surface area contributed by atoms with E-state index in [9.17, 15) is 9.59 Å². The van der Waals surface area contributed by atoms with Gasteiger partial charge in [-0.2, -0.15) is 0 Å². The highest BCUT2D eigenvalue weighted by Crippen LogP contribution is 2.31. The molecule has 0 aromatic heterocycles. The second-order valence-electron chi connectivity index (χ2n) is 5.52. The number of carboxylic acid groups (broad SMARTS) is 1. The highest BCUT2D eigenvalue weighted by Gasteiger charge is 2.33. The molecule has 0 aromatic rings. The first-order chi connectivity index (χ1) is 8.47. The molecule has 2 atom stereocenters. The third-order valence-electron chi connectivity index (χ3n) is 3.74. The molecule has 1 amide bonds. The maximum absolute atomic E-state index is 12.4. The van der Waals surface area contributed by atoms with E-state index in [2.05, 4.69) is 6.92 Å². The predicted molar refractivity (Wildman–Crippen MR) is 70.2 cm³/mol. The van der Waals surface area contributed by atoms with Crippen LogP contribution in [-0.4, -0.2) is 34.5 Å². The van der Waals surface area contributed by atoms with Crippen molar-refractivity contribution in [1.29, 1.82) is 0 Å². The van der Waals surface area contributed by atoms with Gasteiger partial charge in [-0.05, 0) is 39.5 Å². The van der Waals surface area contributed by atoms with Crippen LogP contribution in [0.2, 0.25) is 0 Å². The molecule has 0 radical (unpaired) electrons. The van der Waals surface area contributed by atoms with Crippen LogP contribution in [0.15, 0.2) is 0 Å². The SMILES string of the molecule is CCCN(C(=O)C1CCCC(C(=O)O)C1)C(C)C. The van der Waals surface area contributed by atoms with Crippen LogP contribution in [0.3, 0.4) is 0 Å². The van der Waals surface area contributed by atoms with E-state index >= 15 is 0 Å². The summed E-state index contributed by atoms with van der Waals surface area (Å²) in [7, 11) is 0. The van der Waals surface area contributed by atoms with Crippen molar-refractivity contribution < 1.29 is 14.7 Å². The van der Waals surface area contributed by atoms with Crippen molar-refractivity contribution in [2.24, 2.45) is 11.8 Å². The zero-order valence-electron chi connectivity index (χ0n) is 11.7. The van der Waals surface area contributed by atoms with Crippen molar-refractivity contribution in [1.82, 2.24) is 4.90 Å². The van der Waals surface area contributed by atoms with Crippen LogP contribution in [0.25, 0.3) is 0 Å². The fraction of sp³-hybridized carbons (Fsp3) is 0.857. The Bertz CT molecular complexity index is 301. The van der Waals surface area contributed by atoms with E-state index in [0.29, 0.717) is 12.8 Å². The molecule has 0 aliphatic heterocycles. The topological polar surface area (TPSA) is 57.6 Å². The van der Waals surface area contributed by atoms with Gasteiger partial charge < -0.3 is 10.0 Å². The summed E-state index contributed by atoms with van der Waals surface area (Å²) in [6, 6.07) is 0.197. The minimum absolute atomic E-state index is 0.0891. The summed E-state index contributed by atoms with van der Waals surface area (Å²) in [6.45, 7) is 6.87. The van der Waals surface area contributed by atoms with Crippen LogP contribution < -0.4 is 0 Å². The van der Waals surface area contributed by atoms with Crippen LogP contribution >= 0.6 is 0 Å². The molecule has 1 aliphatic carbocycles. The Morgan fingerprint density at radius 1 is 1.28 bits per heavy atom. The van der Waals surface area contributed by atoms with E-state index in [-0.39, 0.29) is 23.8 Å². The molecular formula is C14H25NO3. The maximum Gasteiger partial charge on any atom is 0.306 e. The molecule has 1 N–H and O–H groups in total. The Morgan fingerprint density at radius 2 is 1.89 bits per heavy atom. The summed E-state index contributed by atoms with van der Waals surface area (Å²) in [5, 5.41) is 9.06. The van der Waals surface area contributed by atoms with Crippen LogP contribution in [0.5, 0.6) is 0 Å². The van der Waals surface area contributed by atoms with Crippen LogP contribution in [-0.2, 0) is 9.59 Å². The van der Waals surface area contributed by atoms with Crippen molar-refractivity contribution in [2.45, 2.75) is 58.9 Å². The zero-order valence-corrected chi connectivity index (χ0v) is 11.7. The van der Waals surface area contributed by atoms with Gasteiger partial charge in [0.15, 0.2) is 0 Å². The van der Waals surface area contributed by atoms with Gasteiger partial charge in [-0.15, -0.1) is 0 Å². The number of amides is 1. The van der Waals surface area contributed by atoms with E-state index in [1.54, 1.807) is 0 Å². The third-order valence-corrected chi connectivity index (χ3v) is 3.74. The molecule has 1 saturated carbocycles. The minimum Gasteiger partial charge on any atom is -0.481 e. The van der Waals surface area contributed by atoms with E-state index in [1.165, 1.54) is 0 Å². The molecule has 0 spiro atoms. The average molecular weight is 255 g/mol. The van der Waals surface area contributed by atoms with Crippen molar-refractivity contribution in [2.75, 3.05) is 6.54 Å². The van der Waals surface area contributed by atoms with Gasteiger partial charge in [-0.25, -0.2) is 0 Å². The van der Waals surface area contributed by atoms with Gasteiger partial charge >= 0.3 is 5.97 Å². The van der Waals surface area contributed by atoms with Gasteiger partial charge in [0.05, 0.1) is 5.92 Å². The molecule has 1 fully saturated rings. The van der Waals surface area contributed by atoms with Gasteiger partial charge in [0, 0.05) is 18.5 Å². The van der Waals surface area contributed by atoms with E-state index in [1.807, 2.05) is 18.7 Å². The first kappa shape index (κ1) is 15.0. The fourth-order valence-electron chi connectivity index (χ4n) is 2.74. The molecule has 2 unspecified atom stereocenters. The monoisotopic (exact) mass is 255 g/mol.